The maximum absolute atomic E-state index is 11.9. The molecule has 1 unspecified atom stereocenters. The lowest BCUT2D eigenvalue weighted by Gasteiger charge is -2.34. The molecule has 6 nitrogen and oxygen atoms in total. The summed E-state index contributed by atoms with van der Waals surface area (Å²) in [5.41, 5.74) is 2.40. The molecule has 1 amide bonds. The van der Waals surface area contributed by atoms with Crippen molar-refractivity contribution in [1.29, 1.82) is 0 Å². The number of hydrogen-bond donors (Lipinski definition) is 2. The third-order valence-electron chi connectivity index (χ3n) is 6.58. The molecule has 180 valence electrons. The monoisotopic (exact) mass is 555 g/mol. The maximum Gasteiger partial charge on any atom is 0.222 e. The van der Waals surface area contributed by atoms with Crippen LogP contribution in [0.15, 0.2) is 29.3 Å². The van der Waals surface area contributed by atoms with Gasteiger partial charge < -0.3 is 15.5 Å². The molecule has 2 fully saturated rings. The molecule has 1 aromatic rings. The molecular formula is C25H42IN5O. The van der Waals surface area contributed by atoms with Crippen LogP contribution in [0.4, 0.5) is 0 Å². The van der Waals surface area contributed by atoms with Crippen LogP contribution in [0.3, 0.4) is 0 Å². The first-order valence-electron chi connectivity index (χ1n) is 12.1. The summed E-state index contributed by atoms with van der Waals surface area (Å²) in [6.07, 6.45) is 7.03. The van der Waals surface area contributed by atoms with E-state index in [4.69, 9.17) is 0 Å². The Balaban J connectivity index is 0.00000363. The first-order chi connectivity index (χ1) is 15.1. The van der Waals surface area contributed by atoms with Gasteiger partial charge >= 0.3 is 0 Å². The molecule has 0 bridgehead atoms. The van der Waals surface area contributed by atoms with E-state index in [1.165, 1.54) is 49.9 Å². The van der Waals surface area contributed by atoms with Crippen molar-refractivity contribution >= 4 is 35.8 Å². The third kappa shape index (κ3) is 8.21. The molecule has 0 saturated carbocycles. The quantitative estimate of drug-likeness (QED) is 0.290. The van der Waals surface area contributed by atoms with Crippen molar-refractivity contribution in [2.45, 2.75) is 71.5 Å². The van der Waals surface area contributed by atoms with Crippen LogP contribution in [0.2, 0.25) is 0 Å². The van der Waals surface area contributed by atoms with Crippen LogP contribution in [-0.4, -0.2) is 60.9 Å². The Morgan fingerprint density at radius 2 is 1.75 bits per heavy atom. The maximum atomic E-state index is 11.9. The summed E-state index contributed by atoms with van der Waals surface area (Å²) in [4.78, 5) is 21.0. The number of nitrogens with one attached hydrogen (secondary N) is 2. The van der Waals surface area contributed by atoms with E-state index in [0.29, 0.717) is 24.9 Å². The van der Waals surface area contributed by atoms with Crippen molar-refractivity contribution in [2.24, 2.45) is 10.9 Å². The zero-order valence-corrected chi connectivity index (χ0v) is 22.4. The summed E-state index contributed by atoms with van der Waals surface area (Å²) in [5, 5.41) is 7.03. The topological polar surface area (TPSA) is 60.0 Å². The SMILES string of the molecule is CN=C(NCc1cccc(CN2CCCC2=O)c1)NCC(C(C)C)N1CCCCCC1.I. The van der Waals surface area contributed by atoms with Gasteiger partial charge in [0.2, 0.25) is 5.91 Å². The van der Waals surface area contributed by atoms with Crippen LogP contribution in [-0.2, 0) is 17.9 Å². The predicted octanol–water partition coefficient (Wildman–Crippen LogP) is 3.99. The largest absolute Gasteiger partial charge is 0.355 e. The van der Waals surface area contributed by atoms with E-state index in [-0.39, 0.29) is 29.9 Å². The van der Waals surface area contributed by atoms with Crippen LogP contribution in [0.1, 0.15) is 63.5 Å². The number of carbonyl (C=O) groups excluding carboxylic acids is 1. The highest BCUT2D eigenvalue weighted by atomic mass is 127. The normalized spacial score (nSPS) is 18.9. The molecule has 2 N–H and O–H groups in total. The number of nitrogens with zero attached hydrogens (tertiary/aromatic N) is 3. The van der Waals surface area contributed by atoms with Crippen molar-refractivity contribution < 1.29 is 4.79 Å². The van der Waals surface area contributed by atoms with Crippen molar-refractivity contribution in [3.63, 3.8) is 0 Å². The van der Waals surface area contributed by atoms with Gasteiger partial charge in [0, 0.05) is 45.7 Å². The van der Waals surface area contributed by atoms with Gasteiger partial charge in [-0.3, -0.25) is 14.7 Å². The predicted molar refractivity (Wildman–Crippen MR) is 143 cm³/mol. The van der Waals surface area contributed by atoms with E-state index >= 15 is 0 Å². The number of amides is 1. The second kappa shape index (κ2) is 14.0. The standard InChI is InChI=1S/C25H41N5O.HI/c1-20(2)23(29-13-6-4-5-7-14-29)18-28-25(26-3)27-17-21-10-8-11-22(16-21)19-30-15-9-12-24(30)31;/h8,10-11,16,20,23H,4-7,9,12-15,17-19H2,1-3H3,(H2,26,27,28);1H. The molecule has 1 aromatic carbocycles. The number of halogens is 1. The van der Waals surface area contributed by atoms with Gasteiger partial charge in [-0.05, 0) is 49.4 Å². The minimum Gasteiger partial charge on any atom is -0.355 e. The average molecular weight is 556 g/mol. The van der Waals surface area contributed by atoms with Crippen molar-refractivity contribution in [2.75, 3.05) is 33.2 Å². The van der Waals surface area contributed by atoms with Gasteiger partial charge in [0.1, 0.15) is 0 Å². The molecule has 0 aromatic heterocycles. The summed E-state index contributed by atoms with van der Waals surface area (Å²) in [5.74, 6) is 1.73. The Labute approximate surface area is 211 Å². The van der Waals surface area contributed by atoms with Gasteiger partial charge in [0.15, 0.2) is 5.96 Å². The van der Waals surface area contributed by atoms with Crippen LogP contribution in [0, 0.1) is 5.92 Å². The number of likely N-dealkylation sites (tertiary alicyclic amines) is 2. The van der Waals surface area contributed by atoms with Crippen molar-refractivity contribution in [3.8, 4) is 0 Å². The Morgan fingerprint density at radius 1 is 1.03 bits per heavy atom. The molecule has 2 aliphatic heterocycles. The van der Waals surface area contributed by atoms with E-state index in [1.807, 2.05) is 11.9 Å². The lowest BCUT2D eigenvalue weighted by Crippen LogP contribution is -2.49. The van der Waals surface area contributed by atoms with E-state index in [9.17, 15) is 4.79 Å². The summed E-state index contributed by atoms with van der Waals surface area (Å²) < 4.78 is 0. The fourth-order valence-electron chi connectivity index (χ4n) is 4.75. The zero-order valence-electron chi connectivity index (χ0n) is 20.1. The van der Waals surface area contributed by atoms with E-state index in [1.54, 1.807) is 0 Å². The molecule has 0 spiro atoms. The first-order valence-corrected chi connectivity index (χ1v) is 12.1. The fraction of sp³-hybridized carbons (Fsp3) is 0.680. The summed E-state index contributed by atoms with van der Waals surface area (Å²) in [6.45, 7) is 10.3. The van der Waals surface area contributed by atoms with Crippen molar-refractivity contribution in [1.82, 2.24) is 20.4 Å². The zero-order chi connectivity index (χ0) is 22.1. The van der Waals surface area contributed by atoms with Gasteiger partial charge in [-0.15, -0.1) is 24.0 Å². The number of hydrogen-bond acceptors (Lipinski definition) is 3. The van der Waals surface area contributed by atoms with Crippen LogP contribution < -0.4 is 10.6 Å². The molecule has 2 aliphatic rings. The Morgan fingerprint density at radius 3 is 2.38 bits per heavy atom. The van der Waals surface area contributed by atoms with E-state index in [0.717, 1.165) is 32.0 Å². The Bertz CT molecular complexity index is 731. The van der Waals surface area contributed by atoms with Gasteiger partial charge in [-0.25, -0.2) is 0 Å². The summed E-state index contributed by atoms with van der Waals surface area (Å²) >= 11 is 0. The average Bonchev–Trinajstić information content (AvgIpc) is 2.99. The molecule has 7 heteroatoms. The molecular weight excluding hydrogens is 513 g/mol. The first kappa shape index (κ1) is 26.9. The summed E-state index contributed by atoms with van der Waals surface area (Å²) in [6, 6.07) is 9.04. The molecule has 3 rings (SSSR count). The highest BCUT2D eigenvalue weighted by Crippen LogP contribution is 2.17. The van der Waals surface area contributed by atoms with Gasteiger partial charge in [-0.2, -0.15) is 0 Å². The van der Waals surface area contributed by atoms with Crippen LogP contribution in [0.5, 0.6) is 0 Å². The molecule has 32 heavy (non-hydrogen) atoms. The highest BCUT2D eigenvalue weighted by Gasteiger charge is 2.23. The summed E-state index contributed by atoms with van der Waals surface area (Å²) in [7, 11) is 1.83. The number of aliphatic imine (C=N–C) groups is 1. The minimum atomic E-state index is 0. The van der Waals surface area contributed by atoms with E-state index < -0.39 is 0 Å². The smallest absolute Gasteiger partial charge is 0.222 e. The third-order valence-corrected chi connectivity index (χ3v) is 6.58. The molecule has 2 saturated heterocycles. The van der Waals surface area contributed by atoms with Gasteiger partial charge in [-0.1, -0.05) is 51.0 Å². The number of carbonyl (C=O) groups is 1. The number of benzene rings is 1. The van der Waals surface area contributed by atoms with Crippen molar-refractivity contribution in [3.05, 3.63) is 35.4 Å². The molecule has 0 aliphatic carbocycles. The Hall–Kier alpha value is -1.35. The molecule has 2 heterocycles. The number of guanidine groups is 1. The lowest BCUT2D eigenvalue weighted by molar-refractivity contribution is -0.128. The highest BCUT2D eigenvalue weighted by molar-refractivity contribution is 14.0. The molecule has 1 atom stereocenters. The Kier molecular flexibility index (Phi) is 11.8. The van der Waals surface area contributed by atoms with Gasteiger partial charge in [0.25, 0.3) is 0 Å². The molecule has 0 radical (unpaired) electrons. The van der Waals surface area contributed by atoms with E-state index in [2.05, 4.69) is 58.6 Å². The minimum absolute atomic E-state index is 0. The number of rotatable bonds is 8. The fourth-order valence-corrected chi connectivity index (χ4v) is 4.75. The second-order valence-electron chi connectivity index (χ2n) is 9.31. The second-order valence-corrected chi connectivity index (χ2v) is 9.31. The van der Waals surface area contributed by atoms with Crippen LogP contribution in [0.25, 0.3) is 0 Å². The lowest BCUT2D eigenvalue weighted by atomic mass is 10.0. The van der Waals surface area contributed by atoms with Gasteiger partial charge in [0.05, 0.1) is 0 Å². The van der Waals surface area contributed by atoms with Crippen LogP contribution >= 0.6 is 24.0 Å².